The van der Waals surface area contributed by atoms with Crippen LogP contribution in [0.15, 0.2) is 42.5 Å². The largest absolute Gasteiger partial charge is 0.462 e. The van der Waals surface area contributed by atoms with Gasteiger partial charge in [-0.05, 0) is 54.7 Å². The van der Waals surface area contributed by atoms with Gasteiger partial charge in [-0.15, -0.1) is 0 Å². The summed E-state index contributed by atoms with van der Waals surface area (Å²) in [5.41, 5.74) is 3.89. The second-order valence-corrected chi connectivity index (χ2v) is 7.50. The molecule has 0 aromatic heterocycles. The molecule has 28 heavy (non-hydrogen) atoms. The summed E-state index contributed by atoms with van der Waals surface area (Å²) >= 11 is 0. The van der Waals surface area contributed by atoms with E-state index in [-0.39, 0.29) is 24.2 Å². The van der Waals surface area contributed by atoms with Crippen molar-refractivity contribution in [1.82, 2.24) is 0 Å². The molecular formula is C23H23NO4. The minimum Gasteiger partial charge on any atom is -0.462 e. The van der Waals surface area contributed by atoms with Gasteiger partial charge < -0.3 is 10.1 Å². The van der Waals surface area contributed by atoms with E-state index in [9.17, 15) is 14.4 Å². The number of esters is 1. The van der Waals surface area contributed by atoms with Gasteiger partial charge in [0.05, 0.1) is 12.2 Å². The van der Waals surface area contributed by atoms with E-state index in [1.807, 2.05) is 30.3 Å². The molecule has 4 rings (SSSR count). The SMILES string of the molecule is O=C(OCCc1ccc(NC(=O)C2CCC2)cc1)c1ccc2c(c1)C(=O)CC2. The van der Waals surface area contributed by atoms with Crippen molar-refractivity contribution in [3.63, 3.8) is 0 Å². The van der Waals surface area contributed by atoms with Crippen LogP contribution in [0.5, 0.6) is 0 Å². The van der Waals surface area contributed by atoms with Gasteiger partial charge in [0, 0.05) is 30.0 Å². The zero-order chi connectivity index (χ0) is 19.5. The van der Waals surface area contributed by atoms with Gasteiger partial charge in [-0.2, -0.15) is 0 Å². The minimum absolute atomic E-state index is 0.0918. The number of ketones is 1. The van der Waals surface area contributed by atoms with Gasteiger partial charge in [-0.1, -0.05) is 24.6 Å². The molecule has 0 atom stereocenters. The van der Waals surface area contributed by atoms with Crippen molar-refractivity contribution < 1.29 is 19.1 Å². The number of carbonyl (C=O) groups excluding carboxylic acids is 3. The van der Waals surface area contributed by atoms with E-state index in [2.05, 4.69) is 5.32 Å². The van der Waals surface area contributed by atoms with E-state index in [0.29, 0.717) is 24.0 Å². The molecule has 0 unspecified atom stereocenters. The first-order valence-corrected chi connectivity index (χ1v) is 9.83. The van der Waals surface area contributed by atoms with Crippen LogP contribution in [-0.4, -0.2) is 24.3 Å². The van der Waals surface area contributed by atoms with E-state index < -0.39 is 5.97 Å². The first kappa shape index (κ1) is 18.4. The standard InChI is InChI=1S/C23H23NO4/c25-21-11-8-16-6-7-18(14-20(16)21)23(27)28-13-12-15-4-9-19(10-5-15)24-22(26)17-2-1-3-17/h4-7,9-10,14,17H,1-3,8,11-13H2,(H,24,26). The number of ether oxygens (including phenoxy) is 1. The smallest absolute Gasteiger partial charge is 0.338 e. The predicted molar refractivity (Wildman–Crippen MR) is 105 cm³/mol. The lowest BCUT2D eigenvalue weighted by molar-refractivity contribution is -0.122. The van der Waals surface area contributed by atoms with Gasteiger partial charge in [-0.25, -0.2) is 4.79 Å². The second kappa shape index (κ2) is 7.97. The first-order chi connectivity index (χ1) is 13.6. The quantitative estimate of drug-likeness (QED) is 0.774. The molecular weight excluding hydrogens is 354 g/mol. The van der Waals surface area contributed by atoms with Gasteiger partial charge in [0.1, 0.15) is 0 Å². The van der Waals surface area contributed by atoms with E-state index in [4.69, 9.17) is 4.74 Å². The number of rotatable bonds is 6. The number of amides is 1. The number of benzene rings is 2. The Labute approximate surface area is 164 Å². The number of fused-ring (bicyclic) bond motifs is 1. The summed E-state index contributed by atoms with van der Waals surface area (Å²) in [6.45, 7) is 0.262. The third kappa shape index (κ3) is 3.98. The number of anilines is 1. The Kier molecular flexibility index (Phi) is 5.24. The van der Waals surface area contributed by atoms with Crippen LogP contribution in [-0.2, 0) is 22.4 Å². The van der Waals surface area contributed by atoms with Crippen LogP contribution in [0, 0.1) is 5.92 Å². The van der Waals surface area contributed by atoms with Crippen LogP contribution in [0.1, 0.15) is 57.5 Å². The molecule has 2 aromatic carbocycles. The van der Waals surface area contributed by atoms with Crippen molar-refractivity contribution in [2.45, 2.75) is 38.5 Å². The molecule has 1 saturated carbocycles. The van der Waals surface area contributed by atoms with Crippen molar-refractivity contribution >= 4 is 23.3 Å². The summed E-state index contributed by atoms with van der Waals surface area (Å²) in [6.07, 6.45) is 4.96. The number of hydrogen-bond acceptors (Lipinski definition) is 4. The zero-order valence-corrected chi connectivity index (χ0v) is 15.7. The summed E-state index contributed by atoms with van der Waals surface area (Å²) in [7, 11) is 0. The van der Waals surface area contributed by atoms with Gasteiger partial charge >= 0.3 is 5.97 Å². The molecule has 144 valence electrons. The Morgan fingerprint density at radius 3 is 2.54 bits per heavy atom. The molecule has 1 amide bonds. The van der Waals surface area contributed by atoms with E-state index in [0.717, 1.165) is 42.5 Å². The lowest BCUT2D eigenvalue weighted by Crippen LogP contribution is -2.27. The fraction of sp³-hybridized carbons (Fsp3) is 0.348. The summed E-state index contributed by atoms with van der Waals surface area (Å²) in [4.78, 5) is 36.0. The Balaban J connectivity index is 1.26. The zero-order valence-electron chi connectivity index (χ0n) is 15.7. The highest BCUT2D eigenvalue weighted by Gasteiger charge is 2.25. The maximum absolute atomic E-state index is 12.2. The third-order valence-electron chi connectivity index (χ3n) is 5.59. The van der Waals surface area contributed by atoms with Gasteiger partial charge in [0.15, 0.2) is 5.78 Å². The molecule has 1 fully saturated rings. The van der Waals surface area contributed by atoms with Crippen molar-refractivity contribution in [1.29, 1.82) is 0 Å². The number of hydrogen-bond donors (Lipinski definition) is 1. The second-order valence-electron chi connectivity index (χ2n) is 7.50. The van der Waals surface area contributed by atoms with Crippen molar-refractivity contribution in [2.75, 3.05) is 11.9 Å². The highest BCUT2D eigenvalue weighted by Crippen LogP contribution is 2.27. The Bertz CT molecular complexity index is 913. The number of aryl methyl sites for hydroxylation is 1. The molecule has 2 aromatic rings. The van der Waals surface area contributed by atoms with Crippen LogP contribution in [0.4, 0.5) is 5.69 Å². The fourth-order valence-corrected chi connectivity index (χ4v) is 3.58. The van der Waals surface area contributed by atoms with Gasteiger partial charge in [0.2, 0.25) is 5.91 Å². The fourth-order valence-electron chi connectivity index (χ4n) is 3.58. The molecule has 5 heteroatoms. The average molecular weight is 377 g/mol. The molecule has 0 bridgehead atoms. The highest BCUT2D eigenvalue weighted by atomic mass is 16.5. The van der Waals surface area contributed by atoms with Crippen LogP contribution < -0.4 is 5.32 Å². The Morgan fingerprint density at radius 2 is 1.82 bits per heavy atom. The van der Waals surface area contributed by atoms with E-state index in [1.165, 1.54) is 0 Å². The minimum atomic E-state index is -0.410. The molecule has 0 aliphatic heterocycles. The normalized spacial score (nSPS) is 15.6. The summed E-state index contributed by atoms with van der Waals surface area (Å²) in [6, 6.07) is 12.8. The van der Waals surface area contributed by atoms with Gasteiger partial charge in [-0.3, -0.25) is 9.59 Å². The maximum Gasteiger partial charge on any atom is 0.338 e. The maximum atomic E-state index is 12.2. The van der Waals surface area contributed by atoms with Crippen LogP contribution in [0.2, 0.25) is 0 Å². The lowest BCUT2D eigenvalue weighted by atomic mass is 9.85. The molecule has 0 radical (unpaired) electrons. The number of Topliss-reactive ketones (excluding diaryl/α,β-unsaturated/α-hetero) is 1. The molecule has 1 N–H and O–H groups in total. The van der Waals surface area contributed by atoms with Crippen LogP contribution in [0.25, 0.3) is 0 Å². The molecule has 0 spiro atoms. The van der Waals surface area contributed by atoms with Crippen molar-refractivity contribution in [3.05, 3.63) is 64.7 Å². The third-order valence-corrected chi connectivity index (χ3v) is 5.59. The summed E-state index contributed by atoms with van der Waals surface area (Å²) in [5, 5.41) is 2.94. The predicted octanol–water partition coefficient (Wildman–Crippen LogP) is 3.95. The molecule has 5 nitrogen and oxygen atoms in total. The Hall–Kier alpha value is -2.95. The van der Waals surface area contributed by atoms with Crippen molar-refractivity contribution in [3.8, 4) is 0 Å². The lowest BCUT2D eigenvalue weighted by Gasteiger charge is -2.24. The first-order valence-electron chi connectivity index (χ1n) is 9.83. The van der Waals surface area contributed by atoms with Crippen molar-refractivity contribution in [2.24, 2.45) is 5.92 Å². The highest BCUT2D eigenvalue weighted by molar-refractivity contribution is 6.02. The monoisotopic (exact) mass is 377 g/mol. The topological polar surface area (TPSA) is 72.5 Å². The van der Waals surface area contributed by atoms with Crippen LogP contribution >= 0.6 is 0 Å². The van der Waals surface area contributed by atoms with Crippen LogP contribution in [0.3, 0.4) is 0 Å². The number of carbonyl (C=O) groups is 3. The molecule has 2 aliphatic carbocycles. The molecule has 0 saturated heterocycles. The summed E-state index contributed by atoms with van der Waals surface area (Å²) < 4.78 is 5.36. The van der Waals surface area contributed by atoms with E-state index in [1.54, 1.807) is 12.1 Å². The molecule has 0 heterocycles. The number of nitrogens with one attached hydrogen (secondary N) is 1. The van der Waals surface area contributed by atoms with Gasteiger partial charge in [0.25, 0.3) is 0 Å². The average Bonchev–Trinajstić information content (AvgIpc) is 3.02. The van der Waals surface area contributed by atoms with E-state index >= 15 is 0 Å². The summed E-state index contributed by atoms with van der Waals surface area (Å²) in [5.74, 6) is -0.0598. The molecule has 2 aliphatic rings. The Morgan fingerprint density at radius 1 is 1.04 bits per heavy atom.